The number of piperidine rings is 1. The van der Waals surface area contributed by atoms with E-state index in [-0.39, 0.29) is 11.9 Å². The summed E-state index contributed by atoms with van der Waals surface area (Å²) in [7, 11) is 0. The molecular formula is C19H24N4O. The molecule has 0 aromatic carbocycles. The lowest BCUT2D eigenvalue weighted by molar-refractivity contribution is -0.121. The monoisotopic (exact) mass is 324 g/mol. The number of nitrogens with one attached hydrogen (secondary N) is 1. The van der Waals surface area contributed by atoms with Crippen molar-refractivity contribution in [2.45, 2.75) is 38.6 Å². The van der Waals surface area contributed by atoms with Crippen LogP contribution in [0.5, 0.6) is 0 Å². The Labute approximate surface area is 143 Å². The first kappa shape index (κ1) is 16.4. The predicted octanol–water partition coefficient (Wildman–Crippen LogP) is 2.50. The highest BCUT2D eigenvalue weighted by atomic mass is 16.1. The van der Waals surface area contributed by atoms with Crippen LogP contribution in [0.1, 0.15) is 30.5 Å². The molecule has 1 saturated heterocycles. The minimum absolute atomic E-state index is 0.114. The normalized spacial score (nSPS) is 17.5. The van der Waals surface area contributed by atoms with Crippen LogP contribution in [0.3, 0.4) is 0 Å². The van der Waals surface area contributed by atoms with E-state index in [2.05, 4.69) is 20.2 Å². The van der Waals surface area contributed by atoms with Gasteiger partial charge in [-0.25, -0.2) is 4.98 Å². The zero-order valence-electron chi connectivity index (χ0n) is 14.1. The summed E-state index contributed by atoms with van der Waals surface area (Å²) in [5, 5.41) is 3.17. The van der Waals surface area contributed by atoms with Gasteiger partial charge in [-0.1, -0.05) is 12.1 Å². The van der Waals surface area contributed by atoms with Crippen molar-refractivity contribution >= 4 is 11.7 Å². The lowest BCUT2D eigenvalue weighted by Gasteiger charge is -2.34. The first-order valence-corrected chi connectivity index (χ1v) is 8.57. The van der Waals surface area contributed by atoms with Crippen molar-refractivity contribution in [1.29, 1.82) is 0 Å². The van der Waals surface area contributed by atoms with Gasteiger partial charge in [-0.2, -0.15) is 0 Å². The fraction of sp³-hybridized carbons (Fsp3) is 0.421. The second-order valence-corrected chi connectivity index (χ2v) is 6.35. The van der Waals surface area contributed by atoms with Crippen LogP contribution in [0, 0.1) is 6.92 Å². The molecule has 1 atom stereocenters. The number of aromatic nitrogens is 2. The molecule has 0 saturated carbocycles. The van der Waals surface area contributed by atoms with E-state index in [9.17, 15) is 4.79 Å². The third-order valence-electron chi connectivity index (χ3n) is 4.35. The highest BCUT2D eigenvalue weighted by Gasteiger charge is 2.22. The number of rotatable bonds is 5. The molecular weight excluding hydrogens is 300 g/mol. The van der Waals surface area contributed by atoms with Crippen LogP contribution >= 0.6 is 0 Å². The van der Waals surface area contributed by atoms with E-state index in [0.717, 1.165) is 49.4 Å². The summed E-state index contributed by atoms with van der Waals surface area (Å²) in [5.41, 5.74) is 2.12. The van der Waals surface area contributed by atoms with E-state index in [4.69, 9.17) is 0 Å². The molecule has 1 N–H and O–H groups in total. The van der Waals surface area contributed by atoms with Gasteiger partial charge in [-0.15, -0.1) is 0 Å². The standard InChI is InChI=1S/C19H24N4O/c1-15-5-2-8-18(21-15)23-12-4-7-17(14-23)22-19(24)10-9-16-6-3-11-20-13-16/h2-3,5-6,8,11,13,17H,4,7,9-10,12,14H2,1H3,(H,22,24)/t17-/m1/s1. The Morgan fingerprint density at radius 3 is 3.04 bits per heavy atom. The molecule has 3 rings (SSSR count). The first-order valence-electron chi connectivity index (χ1n) is 8.57. The lowest BCUT2D eigenvalue weighted by Crippen LogP contribution is -2.48. The molecule has 0 unspecified atom stereocenters. The van der Waals surface area contributed by atoms with Crippen molar-refractivity contribution in [3.05, 3.63) is 54.0 Å². The summed E-state index contributed by atoms with van der Waals surface area (Å²) in [6.07, 6.45) is 6.91. The van der Waals surface area contributed by atoms with Gasteiger partial charge in [0.2, 0.25) is 5.91 Å². The van der Waals surface area contributed by atoms with Gasteiger partial charge in [0, 0.05) is 43.6 Å². The number of hydrogen-bond donors (Lipinski definition) is 1. The Hall–Kier alpha value is -2.43. The van der Waals surface area contributed by atoms with E-state index in [1.807, 2.05) is 43.5 Å². The Morgan fingerprint density at radius 2 is 2.25 bits per heavy atom. The molecule has 5 nitrogen and oxygen atoms in total. The smallest absolute Gasteiger partial charge is 0.220 e. The van der Waals surface area contributed by atoms with Gasteiger partial charge < -0.3 is 10.2 Å². The third-order valence-corrected chi connectivity index (χ3v) is 4.35. The lowest BCUT2D eigenvalue weighted by atomic mass is 10.0. The van der Waals surface area contributed by atoms with E-state index < -0.39 is 0 Å². The van der Waals surface area contributed by atoms with Crippen molar-refractivity contribution in [1.82, 2.24) is 15.3 Å². The van der Waals surface area contributed by atoms with Crippen molar-refractivity contribution in [2.24, 2.45) is 0 Å². The second-order valence-electron chi connectivity index (χ2n) is 6.35. The number of aryl methyl sites for hydroxylation is 2. The summed E-state index contributed by atoms with van der Waals surface area (Å²) in [5.74, 6) is 1.12. The van der Waals surface area contributed by atoms with Crippen molar-refractivity contribution in [3.63, 3.8) is 0 Å². The molecule has 3 heterocycles. The average molecular weight is 324 g/mol. The van der Waals surface area contributed by atoms with E-state index >= 15 is 0 Å². The van der Waals surface area contributed by atoms with Gasteiger partial charge in [0.25, 0.3) is 0 Å². The molecule has 126 valence electrons. The highest BCUT2D eigenvalue weighted by molar-refractivity contribution is 5.76. The Morgan fingerprint density at radius 1 is 1.33 bits per heavy atom. The quantitative estimate of drug-likeness (QED) is 0.918. The van der Waals surface area contributed by atoms with Crippen LogP contribution in [0.15, 0.2) is 42.7 Å². The Bertz CT molecular complexity index is 674. The third kappa shape index (κ3) is 4.54. The summed E-state index contributed by atoms with van der Waals surface area (Å²) in [6, 6.07) is 10.2. The van der Waals surface area contributed by atoms with Crippen molar-refractivity contribution < 1.29 is 4.79 Å². The van der Waals surface area contributed by atoms with E-state index in [1.54, 1.807) is 6.20 Å². The molecule has 0 aliphatic carbocycles. The molecule has 0 bridgehead atoms. The molecule has 0 radical (unpaired) electrons. The second kappa shape index (κ2) is 7.90. The van der Waals surface area contributed by atoms with Gasteiger partial charge in [-0.05, 0) is 49.9 Å². The molecule has 1 fully saturated rings. The summed E-state index contributed by atoms with van der Waals surface area (Å²) < 4.78 is 0. The van der Waals surface area contributed by atoms with Gasteiger partial charge in [0.1, 0.15) is 5.82 Å². The zero-order chi connectivity index (χ0) is 16.8. The largest absolute Gasteiger partial charge is 0.355 e. The fourth-order valence-corrected chi connectivity index (χ4v) is 3.11. The van der Waals surface area contributed by atoms with Crippen LogP contribution in [-0.2, 0) is 11.2 Å². The topological polar surface area (TPSA) is 58.1 Å². The molecule has 2 aromatic heterocycles. The number of carbonyl (C=O) groups excluding carboxylic acids is 1. The first-order chi connectivity index (χ1) is 11.7. The Balaban J connectivity index is 1.50. The number of nitrogens with zero attached hydrogens (tertiary/aromatic N) is 3. The number of amides is 1. The van der Waals surface area contributed by atoms with Crippen LogP contribution in [-0.4, -0.2) is 35.0 Å². The van der Waals surface area contributed by atoms with E-state index in [0.29, 0.717) is 6.42 Å². The van der Waals surface area contributed by atoms with Crippen LogP contribution < -0.4 is 10.2 Å². The molecule has 5 heteroatoms. The van der Waals surface area contributed by atoms with Gasteiger partial charge in [0.05, 0.1) is 0 Å². The summed E-state index contributed by atoms with van der Waals surface area (Å²) in [6.45, 7) is 3.83. The SMILES string of the molecule is Cc1cccc(N2CCC[C@@H](NC(=O)CCc3cccnc3)C2)n1. The molecule has 1 aliphatic rings. The number of hydrogen-bond acceptors (Lipinski definition) is 4. The predicted molar refractivity (Wildman–Crippen MR) is 94.9 cm³/mol. The molecule has 24 heavy (non-hydrogen) atoms. The molecule has 1 amide bonds. The maximum Gasteiger partial charge on any atom is 0.220 e. The molecule has 2 aromatic rings. The van der Waals surface area contributed by atoms with Crippen LogP contribution in [0.25, 0.3) is 0 Å². The van der Waals surface area contributed by atoms with Crippen molar-refractivity contribution in [3.8, 4) is 0 Å². The fourth-order valence-electron chi connectivity index (χ4n) is 3.11. The van der Waals surface area contributed by atoms with Gasteiger partial charge >= 0.3 is 0 Å². The minimum Gasteiger partial charge on any atom is -0.355 e. The van der Waals surface area contributed by atoms with Gasteiger partial charge in [0.15, 0.2) is 0 Å². The van der Waals surface area contributed by atoms with Gasteiger partial charge in [-0.3, -0.25) is 9.78 Å². The number of carbonyl (C=O) groups is 1. The number of anilines is 1. The highest BCUT2D eigenvalue weighted by Crippen LogP contribution is 2.18. The molecule has 1 aliphatic heterocycles. The number of pyridine rings is 2. The van der Waals surface area contributed by atoms with Crippen LogP contribution in [0.4, 0.5) is 5.82 Å². The Kier molecular flexibility index (Phi) is 5.41. The maximum absolute atomic E-state index is 12.2. The van der Waals surface area contributed by atoms with E-state index in [1.165, 1.54) is 0 Å². The maximum atomic E-state index is 12.2. The summed E-state index contributed by atoms with van der Waals surface area (Å²) in [4.78, 5) is 23.2. The van der Waals surface area contributed by atoms with Crippen LogP contribution in [0.2, 0.25) is 0 Å². The average Bonchev–Trinajstić information content (AvgIpc) is 2.61. The summed E-state index contributed by atoms with van der Waals surface area (Å²) >= 11 is 0. The van der Waals surface area contributed by atoms with Crippen molar-refractivity contribution in [2.75, 3.05) is 18.0 Å². The minimum atomic E-state index is 0.114. The molecule has 0 spiro atoms. The zero-order valence-corrected chi connectivity index (χ0v) is 14.1.